The second-order valence-electron chi connectivity index (χ2n) is 11.8. The summed E-state index contributed by atoms with van der Waals surface area (Å²) < 4.78 is 28.6. The van der Waals surface area contributed by atoms with Crippen molar-refractivity contribution < 1.29 is 23.7 Å². The summed E-state index contributed by atoms with van der Waals surface area (Å²) in [6, 6.07) is 13.1. The molecule has 1 amide bonds. The van der Waals surface area contributed by atoms with Gasteiger partial charge in [0.2, 0.25) is 11.8 Å². The molecular formula is C33H41N5O6S. The van der Waals surface area contributed by atoms with Gasteiger partial charge < -0.3 is 38.1 Å². The molecule has 4 aromatic rings. The number of aromatic nitrogens is 3. The van der Waals surface area contributed by atoms with E-state index in [1.807, 2.05) is 57.3 Å². The number of benzene rings is 1. The Morgan fingerprint density at radius 1 is 1.09 bits per heavy atom. The SMILES string of the molecule is CCSNc1ccc(Oc2cccc(OCCOC3CCN(C(=O)OC(C)(C)C)CC3)n2)c(-c2cn(C)c(=O)c3[nH]ccc23)c1. The standard InChI is InChI=1S/C33H41N5O6S/c1-6-45-36-22-10-11-27(25(20-22)26-21-37(5)31(39)30-24(26)12-15-34-30)43-29-9-7-8-28(35-29)42-19-18-41-23-13-16-38(17-14-23)32(40)44-33(2,3)4/h7-12,15,20-21,23,34,36H,6,13-14,16-19H2,1-5H3. The van der Waals surface area contributed by atoms with Crippen molar-refractivity contribution in [1.29, 1.82) is 0 Å². The Morgan fingerprint density at radius 3 is 2.62 bits per heavy atom. The first-order valence-corrected chi connectivity index (χ1v) is 16.2. The fourth-order valence-electron chi connectivity index (χ4n) is 5.07. The van der Waals surface area contributed by atoms with E-state index in [2.05, 4.69) is 21.6 Å². The molecule has 0 atom stereocenters. The minimum Gasteiger partial charge on any atom is -0.475 e. The summed E-state index contributed by atoms with van der Waals surface area (Å²) in [4.78, 5) is 34.4. The number of aromatic amines is 1. The van der Waals surface area contributed by atoms with E-state index in [9.17, 15) is 9.59 Å². The first-order chi connectivity index (χ1) is 21.6. The highest BCUT2D eigenvalue weighted by Gasteiger charge is 2.27. The highest BCUT2D eigenvalue weighted by Crippen LogP contribution is 2.38. The first kappa shape index (κ1) is 32.2. The molecule has 45 heavy (non-hydrogen) atoms. The Bertz CT molecular complexity index is 1670. The van der Waals surface area contributed by atoms with E-state index < -0.39 is 5.60 Å². The molecule has 11 nitrogen and oxygen atoms in total. The number of carbonyl (C=O) groups is 1. The van der Waals surface area contributed by atoms with E-state index in [4.69, 9.17) is 18.9 Å². The molecule has 0 radical (unpaired) electrons. The molecule has 1 aliphatic heterocycles. The number of nitrogens with zero attached hydrogens (tertiary/aromatic N) is 3. The average molecular weight is 636 g/mol. The molecule has 1 fully saturated rings. The lowest BCUT2D eigenvalue weighted by Crippen LogP contribution is -2.43. The van der Waals surface area contributed by atoms with E-state index >= 15 is 0 Å². The molecule has 1 saturated heterocycles. The molecule has 0 unspecified atom stereocenters. The maximum atomic E-state index is 12.7. The number of anilines is 1. The smallest absolute Gasteiger partial charge is 0.410 e. The predicted molar refractivity (Wildman–Crippen MR) is 177 cm³/mol. The van der Waals surface area contributed by atoms with Crippen LogP contribution in [0.1, 0.15) is 40.5 Å². The van der Waals surface area contributed by atoms with E-state index in [1.165, 1.54) is 0 Å². The number of fused-ring (bicyclic) bond motifs is 1. The van der Waals surface area contributed by atoms with E-state index in [-0.39, 0.29) is 17.8 Å². The minimum absolute atomic E-state index is 0.0606. The van der Waals surface area contributed by atoms with Crippen molar-refractivity contribution >= 4 is 34.6 Å². The maximum Gasteiger partial charge on any atom is 0.410 e. The fraction of sp³-hybridized carbons (Fsp3) is 0.424. The van der Waals surface area contributed by atoms with Gasteiger partial charge >= 0.3 is 6.09 Å². The maximum absolute atomic E-state index is 12.7. The third kappa shape index (κ3) is 8.31. The molecular weight excluding hydrogens is 594 g/mol. The molecule has 1 aliphatic rings. The number of carbonyl (C=O) groups excluding carboxylic acids is 1. The first-order valence-electron chi connectivity index (χ1n) is 15.2. The van der Waals surface area contributed by atoms with Gasteiger partial charge in [-0.1, -0.05) is 24.9 Å². The number of hydrogen-bond donors (Lipinski definition) is 2. The molecule has 0 aliphatic carbocycles. The van der Waals surface area contributed by atoms with Crippen LogP contribution in [0.25, 0.3) is 22.0 Å². The van der Waals surface area contributed by atoms with Crippen LogP contribution in [-0.4, -0.2) is 69.3 Å². The molecule has 0 spiro atoms. The zero-order valence-corrected chi connectivity index (χ0v) is 27.2. The summed E-state index contributed by atoms with van der Waals surface area (Å²) in [6.45, 7) is 9.62. The predicted octanol–water partition coefficient (Wildman–Crippen LogP) is 6.60. The number of amides is 1. The quantitative estimate of drug-likeness (QED) is 0.139. The van der Waals surface area contributed by atoms with E-state index in [0.717, 1.165) is 40.8 Å². The minimum atomic E-state index is -0.506. The zero-order valence-electron chi connectivity index (χ0n) is 26.4. The Morgan fingerprint density at radius 2 is 1.87 bits per heavy atom. The summed E-state index contributed by atoms with van der Waals surface area (Å²) in [5, 5.41) is 0.809. The van der Waals surface area contributed by atoms with Crippen molar-refractivity contribution in [1.82, 2.24) is 19.4 Å². The summed E-state index contributed by atoms with van der Waals surface area (Å²) in [7, 11) is 1.74. The fourth-order valence-corrected chi connectivity index (χ4v) is 5.51. The topological polar surface area (TPSA) is 120 Å². The largest absolute Gasteiger partial charge is 0.475 e. The molecule has 4 heterocycles. The normalized spacial score (nSPS) is 14.0. The second-order valence-corrected chi connectivity index (χ2v) is 12.8. The number of rotatable bonds is 11. The van der Waals surface area contributed by atoms with Crippen molar-refractivity contribution in [3.8, 4) is 28.6 Å². The summed E-state index contributed by atoms with van der Waals surface area (Å²) in [5.74, 6) is 2.30. The van der Waals surface area contributed by atoms with Gasteiger partial charge in [-0.2, -0.15) is 4.98 Å². The van der Waals surface area contributed by atoms with Gasteiger partial charge in [0.15, 0.2) is 0 Å². The van der Waals surface area contributed by atoms with Crippen LogP contribution in [-0.2, 0) is 16.5 Å². The van der Waals surface area contributed by atoms with Crippen molar-refractivity contribution in [3.63, 3.8) is 0 Å². The van der Waals surface area contributed by atoms with Crippen LogP contribution in [0, 0.1) is 0 Å². The average Bonchev–Trinajstić information content (AvgIpc) is 3.51. The molecule has 0 bridgehead atoms. The summed E-state index contributed by atoms with van der Waals surface area (Å²) in [5.41, 5.74) is 2.52. The Kier molecular flexibility index (Phi) is 10.2. The third-order valence-corrected chi connectivity index (χ3v) is 7.86. The highest BCUT2D eigenvalue weighted by molar-refractivity contribution is 8.00. The van der Waals surface area contributed by atoms with Crippen LogP contribution in [0.15, 0.2) is 59.7 Å². The highest BCUT2D eigenvalue weighted by atomic mass is 32.2. The molecule has 2 N–H and O–H groups in total. The van der Waals surface area contributed by atoms with Gasteiger partial charge in [-0.05, 0) is 57.9 Å². The molecule has 240 valence electrons. The number of aryl methyl sites for hydroxylation is 1. The van der Waals surface area contributed by atoms with Crippen LogP contribution in [0.2, 0.25) is 0 Å². The van der Waals surface area contributed by atoms with Crippen molar-refractivity contribution in [2.45, 2.75) is 52.2 Å². The van der Waals surface area contributed by atoms with Gasteiger partial charge in [0, 0.05) is 72.6 Å². The van der Waals surface area contributed by atoms with Gasteiger partial charge in [-0.3, -0.25) is 4.79 Å². The molecule has 1 aromatic carbocycles. The Balaban J connectivity index is 1.22. The van der Waals surface area contributed by atoms with Gasteiger partial charge in [0.05, 0.1) is 12.7 Å². The lowest BCUT2D eigenvalue weighted by atomic mass is 10.0. The lowest BCUT2D eigenvalue weighted by Gasteiger charge is -2.33. The monoisotopic (exact) mass is 635 g/mol. The number of likely N-dealkylation sites (tertiary alicyclic amines) is 1. The molecule has 5 rings (SSSR count). The number of H-pyrrole nitrogens is 1. The van der Waals surface area contributed by atoms with Gasteiger partial charge in [0.1, 0.15) is 23.5 Å². The number of nitrogens with one attached hydrogen (secondary N) is 2. The third-order valence-electron chi connectivity index (χ3n) is 7.19. The van der Waals surface area contributed by atoms with Crippen LogP contribution in [0.3, 0.4) is 0 Å². The summed E-state index contributed by atoms with van der Waals surface area (Å²) in [6.07, 6.45) is 4.87. The van der Waals surface area contributed by atoms with Gasteiger partial charge in [0.25, 0.3) is 5.56 Å². The molecule has 3 aromatic heterocycles. The van der Waals surface area contributed by atoms with E-state index in [1.54, 1.807) is 46.8 Å². The lowest BCUT2D eigenvalue weighted by molar-refractivity contribution is -0.0180. The molecule has 12 heteroatoms. The van der Waals surface area contributed by atoms with Crippen molar-refractivity contribution in [2.24, 2.45) is 7.05 Å². The number of pyridine rings is 2. The van der Waals surface area contributed by atoms with Crippen LogP contribution in [0.5, 0.6) is 17.5 Å². The Hall–Kier alpha value is -4.16. The van der Waals surface area contributed by atoms with Crippen molar-refractivity contribution in [3.05, 3.63) is 65.2 Å². The van der Waals surface area contributed by atoms with Crippen molar-refractivity contribution in [2.75, 3.05) is 36.8 Å². The number of ether oxygens (including phenoxy) is 4. The van der Waals surface area contributed by atoms with Gasteiger partial charge in [-0.25, -0.2) is 4.79 Å². The summed E-state index contributed by atoms with van der Waals surface area (Å²) >= 11 is 1.60. The number of piperidine rings is 1. The van der Waals surface area contributed by atoms with Gasteiger partial charge in [-0.15, -0.1) is 0 Å². The molecule has 0 saturated carbocycles. The van der Waals surface area contributed by atoms with Crippen LogP contribution < -0.4 is 19.8 Å². The van der Waals surface area contributed by atoms with Crippen LogP contribution >= 0.6 is 11.9 Å². The number of hydrogen-bond acceptors (Lipinski definition) is 9. The van der Waals surface area contributed by atoms with Crippen LogP contribution in [0.4, 0.5) is 10.5 Å². The van der Waals surface area contributed by atoms with E-state index in [0.29, 0.717) is 49.3 Å². The Labute approximate surface area is 267 Å². The second kappa shape index (κ2) is 14.3. The zero-order chi connectivity index (χ0) is 32.0.